The van der Waals surface area contributed by atoms with Gasteiger partial charge >= 0.3 is 0 Å². The molecule has 1 fully saturated rings. The number of rotatable bonds is 2. The van der Waals surface area contributed by atoms with Crippen molar-refractivity contribution in [3.8, 4) is 0 Å². The Labute approximate surface area is 96.2 Å². The van der Waals surface area contributed by atoms with E-state index in [-0.39, 0.29) is 0 Å². The van der Waals surface area contributed by atoms with Crippen molar-refractivity contribution in [2.45, 2.75) is 19.4 Å². The highest BCUT2D eigenvalue weighted by molar-refractivity contribution is 6.30. The van der Waals surface area contributed by atoms with Gasteiger partial charge in [-0.15, -0.1) is 0 Å². The Hall–Kier alpha value is -0.730. The van der Waals surface area contributed by atoms with Crippen LogP contribution in [0, 0.1) is 0 Å². The maximum Gasteiger partial charge on any atom is 0.0426 e. The third kappa shape index (κ3) is 2.44. The molecular formula is C12H17ClN2. The van der Waals surface area contributed by atoms with Crippen molar-refractivity contribution in [3.63, 3.8) is 0 Å². The lowest BCUT2D eigenvalue weighted by molar-refractivity contribution is 0.466. The highest BCUT2D eigenvalue weighted by Gasteiger charge is 2.20. The predicted molar refractivity (Wildman–Crippen MR) is 65.7 cm³/mol. The minimum atomic E-state index is 0.595. The van der Waals surface area contributed by atoms with Crippen molar-refractivity contribution in [2.75, 3.05) is 24.5 Å². The Morgan fingerprint density at radius 2 is 2.40 bits per heavy atom. The fourth-order valence-corrected chi connectivity index (χ4v) is 2.30. The summed E-state index contributed by atoms with van der Waals surface area (Å²) in [6, 6.07) is 8.73. The van der Waals surface area contributed by atoms with Crippen molar-refractivity contribution >= 4 is 17.3 Å². The van der Waals surface area contributed by atoms with Gasteiger partial charge in [0.1, 0.15) is 0 Å². The zero-order valence-electron chi connectivity index (χ0n) is 9.04. The molecule has 0 bridgehead atoms. The monoisotopic (exact) mass is 224 g/mol. The summed E-state index contributed by atoms with van der Waals surface area (Å²) in [5.74, 6) is 0. The van der Waals surface area contributed by atoms with Crippen LogP contribution < -0.4 is 10.2 Å². The van der Waals surface area contributed by atoms with E-state index in [0.717, 1.165) is 24.7 Å². The second-order valence-corrected chi connectivity index (χ2v) is 4.38. The van der Waals surface area contributed by atoms with Crippen LogP contribution in [0.2, 0.25) is 5.02 Å². The maximum atomic E-state index is 6.01. The SMILES string of the molecule is CC[C@H]1CNCCN1c1cccc(Cl)c1. The topological polar surface area (TPSA) is 15.3 Å². The number of piperazine rings is 1. The average molecular weight is 225 g/mol. The zero-order chi connectivity index (χ0) is 10.7. The number of benzene rings is 1. The standard InChI is InChI=1S/C12H17ClN2/c1-2-11-9-14-6-7-15(11)12-5-3-4-10(13)8-12/h3-5,8,11,14H,2,6-7,9H2,1H3/t11-/m0/s1. The lowest BCUT2D eigenvalue weighted by atomic mass is 10.1. The van der Waals surface area contributed by atoms with Gasteiger partial charge in [0.2, 0.25) is 0 Å². The Morgan fingerprint density at radius 3 is 3.13 bits per heavy atom. The number of nitrogens with zero attached hydrogens (tertiary/aromatic N) is 1. The van der Waals surface area contributed by atoms with Crippen molar-refractivity contribution < 1.29 is 0 Å². The molecule has 1 aromatic carbocycles. The molecule has 2 rings (SSSR count). The quantitative estimate of drug-likeness (QED) is 0.831. The smallest absolute Gasteiger partial charge is 0.0426 e. The van der Waals surface area contributed by atoms with Crippen LogP contribution in [-0.2, 0) is 0 Å². The van der Waals surface area contributed by atoms with E-state index in [4.69, 9.17) is 11.6 Å². The first-order valence-electron chi connectivity index (χ1n) is 5.54. The Morgan fingerprint density at radius 1 is 1.53 bits per heavy atom. The minimum Gasteiger partial charge on any atom is -0.366 e. The summed E-state index contributed by atoms with van der Waals surface area (Å²) >= 11 is 6.01. The Balaban J connectivity index is 2.20. The molecule has 0 aromatic heterocycles. The summed E-state index contributed by atoms with van der Waals surface area (Å²) in [7, 11) is 0. The van der Waals surface area contributed by atoms with E-state index in [1.54, 1.807) is 0 Å². The molecule has 0 spiro atoms. The zero-order valence-corrected chi connectivity index (χ0v) is 9.80. The van der Waals surface area contributed by atoms with Crippen LogP contribution in [0.15, 0.2) is 24.3 Å². The Kier molecular flexibility index (Phi) is 3.49. The van der Waals surface area contributed by atoms with Crippen LogP contribution >= 0.6 is 11.6 Å². The fraction of sp³-hybridized carbons (Fsp3) is 0.500. The third-order valence-electron chi connectivity index (χ3n) is 2.96. The van der Waals surface area contributed by atoms with Crippen molar-refractivity contribution in [1.82, 2.24) is 5.32 Å². The second kappa shape index (κ2) is 4.86. The molecule has 0 aliphatic carbocycles. The van der Waals surface area contributed by atoms with Crippen LogP contribution in [0.4, 0.5) is 5.69 Å². The molecule has 3 heteroatoms. The summed E-state index contributed by atoms with van der Waals surface area (Å²) in [6.45, 7) is 5.43. The van der Waals surface area contributed by atoms with Gasteiger partial charge in [-0.25, -0.2) is 0 Å². The number of nitrogens with one attached hydrogen (secondary N) is 1. The molecule has 0 saturated carbocycles. The predicted octanol–water partition coefficient (Wildman–Crippen LogP) is 2.53. The minimum absolute atomic E-state index is 0.595. The van der Waals surface area contributed by atoms with Gasteiger partial charge < -0.3 is 10.2 Å². The second-order valence-electron chi connectivity index (χ2n) is 3.94. The summed E-state index contributed by atoms with van der Waals surface area (Å²) in [4.78, 5) is 2.45. The van der Waals surface area contributed by atoms with Crippen LogP contribution in [-0.4, -0.2) is 25.7 Å². The van der Waals surface area contributed by atoms with E-state index in [9.17, 15) is 0 Å². The lowest BCUT2D eigenvalue weighted by Crippen LogP contribution is -2.51. The van der Waals surface area contributed by atoms with Gasteiger partial charge in [0.15, 0.2) is 0 Å². The first kappa shape index (κ1) is 10.8. The van der Waals surface area contributed by atoms with Gasteiger partial charge in [0, 0.05) is 36.4 Å². The van der Waals surface area contributed by atoms with Gasteiger partial charge in [-0.3, -0.25) is 0 Å². The molecule has 0 amide bonds. The normalized spacial score (nSPS) is 21.7. The molecule has 1 atom stereocenters. The fourth-order valence-electron chi connectivity index (χ4n) is 2.12. The summed E-state index contributed by atoms with van der Waals surface area (Å²) in [6.07, 6.45) is 1.17. The molecule has 15 heavy (non-hydrogen) atoms. The molecule has 1 N–H and O–H groups in total. The molecular weight excluding hydrogens is 208 g/mol. The van der Waals surface area contributed by atoms with Gasteiger partial charge in [-0.1, -0.05) is 24.6 Å². The number of hydrogen-bond donors (Lipinski definition) is 1. The van der Waals surface area contributed by atoms with Crippen LogP contribution in [0.3, 0.4) is 0 Å². The molecule has 1 aliphatic heterocycles. The molecule has 2 nitrogen and oxygen atoms in total. The summed E-state index contributed by atoms with van der Waals surface area (Å²) in [5, 5.41) is 4.25. The van der Waals surface area contributed by atoms with E-state index >= 15 is 0 Å². The third-order valence-corrected chi connectivity index (χ3v) is 3.20. The molecule has 1 heterocycles. The number of halogens is 1. The Bertz CT molecular complexity index is 327. The van der Waals surface area contributed by atoms with Gasteiger partial charge in [-0.2, -0.15) is 0 Å². The van der Waals surface area contributed by atoms with Crippen LogP contribution in [0.5, 0.6) is 0 Å². The molecule has 82 valence electrons. The van der Waals surface area contributed by atoms with Crippen molar-refractivity contribution in [2.24, 2.45) is 0 Å². The lowest BCUT2D eigenvalue weighted by Gasteiger charge is -2.37. The van der Waals surface area contributed by atoms with Crippen molar-refractivity contribution in [1.29, 1.82) is 0 Å². The first-order chi connectivity index (χ1) is 7.31. The molecule has 0 radical (unpaired) electrons. The summed E-state index contributed by atoms with van der Waals surface area (Å²) < 4.78 is 0. The highest BCUT2D eigenvalue weighted by Crippen LogP contribution is 2.23. The molecule has 1 saturated heterocycles. The number of hydrogen-bond acceptors (Lipinski definition) is 2. The van der Waals surface area contributed by atoms with Gasteiger partial charge in [0.25, 0.3) is 0 Å². The van der Waals surface area contributed by atoms with Crippen molar-refractivity contribution in [3.05, 3.63) is 29.3 Å². The van der Waals surface area contributed by atoms with E-state index in [2.05, 4.69) is 29.3 Å². The molecule has 0 unspecified atom stereocenters. The molecule has 1 aromatic rings. The largest absolute Gasteiger partial charge is 0.366 e. The van der Waals surface area contributed by atoms with Crippen LogP contribution in [0.25, 0.3) is 0 Å². The first-order valence-corrected chi connectivity index (χ1v) is 5.92. The van der Waals surface area contributed by atoms with Crippen LogP contribution in [0.1, 0.15) is 13.3 Å². The summed E-state index contributed by atoms with van der Waals surface area (Å²) in [5.41, 5.74) is 1.25. The van der Waals surface area contributed by atoms with Gasteiger partial charge in [-0.05, 0) is 24.6 Å². The average Bonchev–Trinajstić information content (AvgIpc) is 2.29. The molecule has 1 aliphatic rings. The van der Waals surface area contributed by atoms with E-state index in [1.807, 2.05) is 12.1 Å². The number of anilines is 1. The maximum absolute atomic E-state index is 6.01. The highest BCUT2D eigenvalue weighted by atomic mass is 35.5. The van der Waals surface area contributed by atoms with E-state index in [0.29, 0.717) is 6.04 Å². The van der Waals surface area contributed by atoms with E-state index in [1.165, 1.54) is 12.1 Å². The van der Waals surface area contributed by atoms with Gasteiger partial charge in [0.05, 0.1) is 0 Å². The van der Waals surface area contributed by atoms with E-state index < -0.39 is 0 Å².